The standard InChI is InChI=1S/C22H17ClF6N2O2S/c1-11-4-12(2-3-17(11)19(32)30-16-9-34-10-16)18-8-20(33-31-18,22(27,28)29)13-5-14(21(24,25)26)7-15(23)6-13/h2-7,16H,8-10H2,1H3,(H,30,32). The van der Waals surface area contributed by atoms with Crippen LogP contribution >= 0.6 is 23.4 Å². The first-order valence-corrected chi connectivity index (χ1v) is 11.5. The Labute approximate surface area is 199 Å². The van der Waals surface area contributed by atoms with Crippen LogP contribution in [0.25, 0.3) is 0 Å². The molecule has 0 bridgehead atoms. The van der Waals surface area contributed by atoms with E-state index in [1.54, 1.807) is 18.7 Å². The molecule has 0 saturated carbocycles. The molecular weight excluding hydrogens is 506 g/mol. The summed E-state index contributed by atoms with van der Waals surface area (Å²) < 4.78 is 82.2. The van der Waals surface area contributed by atoms with Gasteiger partial charge in [0.05, 0.1) is 11.3 Å². The molecule has 1 unspecified atom stereocenters. The molecule has 34 heavy (non-hydrogen) atoms. The Morgan fingerprint density at radius 2 is 1.85 bits per heavy atom. The summed E-state index contributed by atoms with van der Waals surface area (Å²) in [6.45, 7) is 1.63. The summed E-state index contributed by atoms with van der Waals surface area (Å²) in [6, 6.07) is 6.19. The molecule has 2 aliphatic heterocycles. The van der Waals surface area contributed by atoms with Crippen LogP contribution in [0.3, 0.4) is 0 Å². The number of aryl methyl sites for hydroxylation is 1. The number of carbonyl (C=O) groups is 1. The van der Waals surface area contributed by atoms with Crippen molar-refractivity contribution in [2.45, 2.75) is 37.3 Å². The van der Waals surface area contributed by atoms with Crippen molar-refractivity contribution in [3.63, 3.8) is 0 Å². The fraction of sp³-hybridized carbons (Fsp3) is 0.364. The minimum Gasteiger partial charge on any atom is -0.374 e. The van der Waals surface area contributed by atoms with E-state index < -0.39 is 40.5 Å². The van der Waals surface area contributed by atoms with Crippen LogP contribution in [-0.4, -0.2) is 35.3 Å². The highest BCUT2D eigenvalue weighted by Crippen LogP contribution is 2.50. The average Bonchev–Trinajstić information content (AvgIpc) is 3.16. The molecule has 2 heterocycles. The summed E-state index contributed by atoms with van der Waals surface area (Å²) >= 11 is 7.42. The molecule has 12 heteroatoms. The van der Waals surface area contributed by atoms with Crippen LogP contribution in [-0.2, 0) is 16.6 Å². The number of thioether (sulfide) groups is 1. The van der Waals surface area contributed by atoms with Gasteiger partial charge in [-0.1, -0.05) is 22.8 Å². The smallest absolute Gasteiger partial charge is 0.374 e. The predicted molar refractivity (Wildman–Crippen MR) is 116 cm³/mol. The SMILES string of the molecule is Cc1cc(C2=NOC(c3cc(Cl)cc(C(F)(F)F)c3)(C(F)(F)F)C2)ccc1C(=O)NC1CSC1. The Balaban J connectivity index is 1.64. The van der Waals surface area contributed by atoms with E-state index in [1.807, 2.05) is 0 Å². The van der Waals surface area contributed by atoms with Gasteiger partial charge < -0.3 is 10.2 Å². The van der Waals surface area contributed by atoms with Crippen molar-refractivity contribution < 1.29 is 36.0 Å². The molecule has 0 spiro atoms. The number of nitrogens with zero attached hydrogens (tertiary/aromatic N) is 1. The lowest BCUT2D eigenvalue weighted by Crippen LogP contribution is -2.44. The lowest BCUT2D eigenvalue weighted by molar-refractivity contribution is -0.276. The highest BCUT2D eigenvalue weighted by molar-refractivity contribution is 8.00. The maximum atomic E-state index is 14.2. The number of hydrogen-bond donors (Lipinski definition) is 1. The molecule has 2 aliphatic rings. The number of halogens is 7. The van der Waals surface area contributed by atoms with Gasteiger partial charge in [0.15, 0.2) is 0 Å². The number of carbonyl (C=O) groups excluding carboxylic acids is 1. The van der Waals surface area contributed by atoms with Crippen molar-refractivity contribution in [1.82, 2.24) is 5.32 Å². The Kier molecular flexibility index (Phi) is 6.30. The van der Waals surface area contributed by atoms with Crippen molar-refractivity contribution >= 4 is 35.0 Å². The molecule has 0 aliphatic carbocycles. The molecule has 2 aromatic carbocycles. The van der Waals surface area contributed by atoms with Gasteiger partial charge in [-0.3, -0.25) is 4.79 Å². The number of benzene rings is 2. The molecule has 182 valence electrons. The molecule has 1 atom stereocenters. The minimum atomic E-state index is -5.10. The first-order chi connectivity index (χ1) is 15.8. The van der Waals surface area contributed by atoms with E-state index >= 15 is 0 Å². The van der Waals surface area contributed by atoms with Crippen LogP contribution in [0.1, 0.15) is 39.0 Å². The van der Waals surface area contributed by atoms with Gasteiger partial charge >= 0.3 is 12.4 Å². The third kappa shape index (κ3) is 4.59. The number of rotatable bonds is 4. The van der Waals surface area contributed by atoms with Crippen molar-refractivity contribution in [2.24, 2.45) is 5.16 Å². The largest absolute Gasteiger partial charge is 0.435 e. The Hall–Kier alpha value is -2.40. The highest BCUT2D eigenvalue weighted by Gasteiger charge is 2.62. The molecule has 0 aromatic heterocycles. The summed E-state index contributed by atoms with van der Waals surface area (Å²) in [5.74, 6) is 1.34. The molecule has 1 amide bonds. The second-order valence-electron chi connectivity index (χ2n) is 8.09. The van der Waals surface area contributed by atoms with Gasteiger partial charge in [0, 0.05) is 40.1 Å². The second kappa shape index (κ2) is 8.67. The third-order valence-electron chi connectivity index (χ3n) is 5.65. The Bertz CT molecular complexity index is 1160. The molecule has 1 fully saturated rings. The third-order valence-corrected chi connectivity index (χ3v) is 7.15. The van der Waals surface area contributed by atoms with Crippen molar-refractivity contribution in [3.05, 3.63) is 69.2 Å². The van der Waals surface area contributed by atoms with Crippen LogP contribution in [0.2, 0.25) is 5.02 Å². The molecule has 1 saturated heterocycles. The van der Waals surface area contributed by atoms with E-state index in [1.165, 1.54) is 18.2 Å². The quantitative estimate of drug-likeness (QED) is 0.494. The number of nitrogens with one attached hydrogen (secondary N) is 1. The van der Waals surface area contributed by atoms with Gasteiger partial charge in [-0.15, -0.1) is 0 Å². The van der Waals surface area contributed by atoms with Crippen molar-refractivity contribution in [1.29, 1.82) is 0 Å². The maximum absolute atomic E-state index is 14.2. The zero-order valence-electron chi connectivity index (χ0n) is 17.5. The predicted octanol–water partition coefficient (Wildman–Crippen LogP) is 6.09. The summed E-state index contributed by atoms with van der Waals surface area (Å²) in [5.41, 5.74) is -4.24. The van der Waals surface area contributed by atoms with Gasteiger partial charge in [-0.25, -0.2) is 0 Å². The zero-order chi connectivity index (χ0) is 24.9. The Morgan fingerprint density at radius 3 is 2.41 bits per heavy atom. The number of alkyl halides is 6. The summed E-state index contributed by atoms with van der Waals surface area (Å²) in [6.07, 6.45) is -10.9. The lowest BCUT2D eigenvalue weighted by atomic mass is 9.85. The minimum absolute atomic E-state index is 0.0795. The van der Waals surface area contributed by atoms with Crippen LogP contribution in [0.4, 0.5) is 26.3 Å². The van der Waals surface area contributed by atoms with E-state index in [-0.39, 0.29) is 23.2 Å². The average molecular weight is 523 g/mol. The summed E-state index contributed by atoms with van der Waals surface area (Å²) in [7, 11) is 0. The molecule has 0 radical (unpaired) electrons. The lowest BCUT2D eigenvalue weighted by Gasteiger charge is -2.30. The number of amides is 1. The molecular formula is C22H17ClF6N2O2S. The van der Waals surface area contributed by atoms with E-state index in [4.69, 9.17) is 16.4 Å². The second-order valence-corrected chi connectivity index (χ2v) is 9.61. The molecule has 2 aromatic rings. The highest BCUT2D eigenvalue weighted by atomic mass is 35.5. The molecule has 1 N–H and O–H groups in total. The monoisotopic (exact) mass is 522 g/mol. The van der Waals surface area contributed by atoms with Crippen molar-refractivity contribution in [2.75, 3.05) is 11.5 Å². The summed E-state index contributed by atoms with van der Waals surface area (Å²) in [4.78, 5) is 17.3. The fourth-order valence-electron chi connectivity index (χ4n) is 3.73. The zero-order valence-corrected chi connectivity index (χ0v) is 19.1. The van der Waals surface area contributed by atoms with E-state index in [0.717, 1.165) is 17.6 Å². The fourth-order valence-corrected chi connectivity index (χ4v) is 4.60. The van der Waals surface area contributed by atoms with Gasteiger partial charge in [-0.2, -0.15) is 38.1 Å². The summed E-state index contributed by atoms with van der Waals surface area (Å²) in [5, 5.41) is 5.94. The van der Waals surface area contributed by atoms with Crippen LogP contribution in [0.15, 0.2) is 41.6 Å². The maximum Gasteiger partial charge on any atom is 0.435 e. The molecule has 4 rings (SSSR count). The van der Waals surface area contributed by atoms with Gasteiger partial charge in [0.2, 0.25) is 0 Å². The van der Waals surface area contributed by atoms with Crippen molar-refractivity contribution in [3.8, 4) is 0 Å². The first-order valence-electron chi connectivity index (χ1n) is 10.00. The van der Waals surface area contributed by atoms with Gasteiger partial charge in [0.25, 0.3) is 11.5 Å². The number of hydrogen-bond acceptors (Lipinski definition) is 4. The molecule has 4 nitrogen and oxygen atoms in total. The first kappa shape index (κ1) is 24.7. The van der Waals surface area contributed by atoms with E-state index in [0.29, 0.717) is 23.3 Å². The normalized spacial score (nSPS) is 21.0. The van der Waals surface area contributed by atoms with Gasteiger partial charge in [0.1, 0.15) is 0 Å². The van der Waals surface area contributed by atoms with E-state index in [2.05, 4.69) is 10.5 Å². The van der Waals surface area contributed by atoms with Crippen LogP contribution in [0.5, 0.6) is 0 Å². The van der Waals surface area contributed by atoms with Crippen LogP contribution in [0, 0.1) is 6.92 Å². The van der Waals surface area contributed by atoms with Crippen LogP contribution < -0.4 is 5.32 Å². The number of oxime groups is 1. The topological polar surface area (TPSA) is 50.7 Å². The van der Waals surface area contributed by atoms with E-state index in [9.17, 15) is 31.1 Å². The van der Waals surface area contributed by atoms with Gasteiger partial charge in [-0.05, 0) is 48.4 Å². The Morgan fingerprint density at radius 1 is 1.15 bits per heavy atom.